The van der Waals surface area contributed by atoms with Gasteiger partial charge in [0.2, 0.25) is 5.91 Å². The van der Waals surface area contributed by atoms with Gasteiger partial charge in [0, 0.05) is 6.42 Å². The number of aryl methyl sites for hydroxylation is 1. The third kappa shape index (κ3) is 3.51. The van der Waals surface area contributed by atoms with E-state index < -0.39 is 11.4 Å². The summed E-state index contributed by atoms with van der Waals surface area (Å²) in [5.41, 5.74) is 0.379. The van der Waals surface area contributed by atoms with Crippen molar-refractivity contribution in [3.8, 4) is 0 Å². The number of carboxylic acid groups (broad SMARTS) is 1. The lowest BCUT2D eigenvalue weighted by Gasteiger charge is -2.26. The highest BCUT2D eigenvalue weighted by molar-refractivity contribution is 6.33. The first-order chi connectivity index (χ1) is 9.36. The number of carbonyl (C=O) groups excluding carboxylic acids is 1. The number of aliphatic carboxylic acids is 1. The number of benzene rings is 1. The van der Waals surface area contributed by atoms with Gasteiger partial charge in [0.1, 0.15) is 0 Å². The van der Waals surface area contributed by atoms with E-state index >= 15 is 0 Å². The zero-order chi connectivity index (χ0) is 15.3. The minimum Gasteiger partial charge on any atom is -0.481 e. The number of amides is 1. The van der Waals surface area contributed by atoms with E-state index in [1.165, 1.54) is 0 Å². The van der Waals surface area contributed by atoms with Crippen LogP contribution >= 0.6 is 11.6 Å². The van der Waals surface area contributed by atoms with Crippen LogP contribution in [-0.2, 0) is 9.59 Å². The largest absolute Gasteiger partial charge is 0.481 e. The molecule has 0 atom stereocenters. The first-order valence-corrected chi connectivity index (χ1v) is 7.02. The Balaban J connectivity index is 2.89. The van der Waals surface area contributed by atoms with Crippen molar-refractivity contribution < 1.29 is 14.7 Å². The second-order valence-corrected chi connectivity index (χ2v) is 5.36. The molecule has 0 aliphatic rings. The summed E-state index contributed by atoms with van der Waals surface area (Å²) in [4.78, 5) is 23.5. The van der Waals surface area contributed by atoms with E-state index in [0.717, 1.165) is 5.56 Å². The molecule has 0 spiro atoms. The molecule has 0 aliphatic heterocycles. The molecule has 1 aromatic carbocycles. The molecule has 1 amide bonds. The molecule has 0 saturated carbocycles. The number of halogens is 1. The molecule has 20 heavy (non-hydrogen) atoms. The normalized spacial score (nSPS) is 11.2. The average Bonchev–Trinajstić information content (AvgIpc) is 2.40. The van der Waals surface area contributed by atoms with E-state index in [0.29, 0.717) is 23.6 Å². The molecule has 1 rings (SSSR count). The minimum atomic E-state index is -1.01. The van der Waals surface area contributed by atoms with Gasteiger partial charge in [-0.3, -0.25) is 9.59 Å². The Hall–Kier alpha value is -1.55. The van der Waals surface area contributed by atoms with Crippen LogP contribution in [0, 0.1) is 12.3 Å². The third-order valence-electron chi connectivity index (χ3n) is 3.79. The van der Waals surface area contributed by atoms with Crippen LogP contribution in [-0.4, -0.2) is 17.0 Å². The van der Waals surface area contributed by atoms with E-state index in [9.17, 15) is 14.7 Å². The van der Waals surface area contributed by atoms with E-state index in [2.05, 4.69) is 5.32 Å². The fraction of sp³-hybridized carbons (Fsp3) is 0.467. The number of nitrogens with one attached hydrogen (secondary N) is 1. The molecular weight excluding hydrogens is 278 g/mol. The van der Waals surface area contributed by atoms with Crippen molar-refractivity contribution in [1.29, 1.82) is 0 Å². The van der Waals surface area contributed by atoms with Crippen LogP contribution in [0.1, 0.15) is 38.7 Å². The maximum atomic E-state index is 12.1. The SMILES string of the molecule is CCC(CC)(CC(=O)Nc1c(C)cccc1Cl)C(=O)O. The molecule has 2 N–H and O–H groups in total. The second-order valence-electron chi connectivity index (χ2n) is 4.95. The number of carbonyl (C=O) groups is 2. The van der Waals surface area contributed by atoms with Crippen molar-refractivity contribution in [3.05, 3.63) is 28.8 Å². The first kappa shape index (κ1) is 16.5. The quantitative estimate of drug-likeness (QED) is 0.837. The van der Waals surface area contributed by atoms with Crippen molar-refractivity contribution in [2.75, 3.05) is 5.32 Å². The molecule has 0 aliphatic carbocycles. The maximum Gasteiger partial charge on any atom is 0.310 e. The first-order valence-electron chi connectivity index (χ1n) is 6.64. The van der Waals surface area contributed by atoms with Crippen LogP contribution in [0.4, 0.5) is 5.69 Å². The van der Waals surface area contributed by atoms with Gasteiger partial charge in [0.05, 0.1) is 16.1 Å². The molecular formula is C15H20ClNO3. The predicted molar refractivity (Wildman–Crippen MR) is 80.1 cm³/mol. The number of rotatable bonds is 6. The third-order valence-corrected chi connectivity index (χ3v) is 4.11. The van der Waals surface area contributed by atoms with Crippen LogP contribution < -0.4 is 5.32 Å². The number of hydrogen-bond acceptors (Lipinski definition) is 2. The van der Waals surface area contributed by atoms with Crippen molar-refractivity contribution >= 4 is 29.2 Å². The Morgan fingerprint density at radius 3 is 2.35 bits per heavy atom. The van der Waals surface area contributed by atoms with Gasteiger partial charge in [-0.15, -0.1) is 0 Å². The number of anilines is 1. The van der Waals surface area contributed by atoms with Gasteiger partial charge in [0.25, 0.3) is 0 Å². The molecule has 0 heterocycles. The topological polar surface area (TPSA) is 66.4 Å². The molecule has 0 unspecified atom stereocenters. The van der Waals surface area contributed by atoms with E-state index in [4.69, 9.17) is 11.6 Å². The molecule has 4 nitrogen and oxygen atoms in total. The van der Waals surface area contributed by atoms with Crippen LogP contribution in [0.2, 0.25) is 5.02 Å². The van der Waals surface area contributed by atoms with E-state index in [-0.39, 0.29) is 12.3 Å². The lowest BCUT2D eigenvalue weighted by molar-refractivity contribution is -0.151. The van der Waals surface area contributed by atoms with Gasteiger partial charge in [-0.2, -0.15) is 0 Å². The maximum absolute atomic E-state index is 12.1. The highest BCUT2D eigenvalue weighted by Crippen LogP contribution is 2.32. The van der Waals surface area contributed by atoms with Crippen LogP contribution in [0.25, 0.3) is 0 Å². The summed E-state index contributed by atoms with van der Waals surface area (Å²) in [5.74, 6) is -1.26. The number of carboxylic acids is 1. The van der Waals surface area contributed by atoms with Gasteiger partial charge in [-0.25, -0.2) is 0 Å². The van der Waals surface area contributed by atoms with Gasteiger partial charge < -0.3 is 10.4 Å². The minimum absolute atomic E-state index is 0.0556. The fourth-order valence-electron chi connectivity index (χ4n) is 2.16. The van der Waals surface area contributed by atoms with Gasteiger partial charge in [0.15, 0.2) is 0 Å². The van der Waals surface area contributed by atoms with Gasteiger partial charge in [-0.05, 0) is 31.4 Å². The summed E-state index contributed by atoms with van der Waals surface area (Å²) in [5, 5.41) is 12.5. The second kappa shape index (κ2) is 6.75. The smallest absolute Gasteiger partial charge is 0.310 e. The van der Waals surface area contributed by atoms with Crippen LogP contribution in [0.5, 0.6) is 0 Å². The van der Waals surface area contributed by atoms with Crippen molar-refractivity contribution in [2.45, 2.75) is 40.0 Å². The lowest BCUT2D eigenvalue weighted by Crippen LogP contribution is -2.34. The Morgan fingerprint density at radius 2 is 1.90 bits per heavy atom. The monoisotopic (exact) mass is 297 g/mol. The summed E-state index contributed by atoms with van der Waals surface area (Å²) >= 11 is 6.04. The molecule has 0 aromatic heterocycles. The molecule has 0 bridgehead atoms. The molecule has 5 heteroatoms. The van der Waals surface area contributed by atoms with Gasteiger partial charge >= 0.3 is 5.97 Å². The summed E-state index contributed by atoms with van der Waals surface area (Å²) in [6.07, 6.45) is 0.765. The molecule has 0 fully saturated rings. The van der Waals surface area contributed by atoms with Gasteiger partial charge in [-0.1, -0.05) is 37.6 Å². The highest BCUT2D eigenvalue weighted by Gasteiger charge is 2.37. The van der Waals surface area contributed by atoms with E-state index in [1.54, 1.807) is 26.0 Å². The highest BCUT2D eigenvalue weighted by atomic mass is 35.5. The predicted octanol–water partition coefficient (Wildman–Crippen LogP) is 3.87. The molecule has 1 aromatic rings. The molecule has 110 valence electrons. The Kier molecular flexibility index (Phi) is 5.57. The zero-order valence-corrected chi connectivity index (χ0v) is 12.8. The van der Waals surface area contributed by atoms with Crippen LogP contribution in [0.15, 0.2) is 18.2 Å². The fourth-order valence-corrected chi connectivity index (χ4v) is 2.43. The average molecular weight is 298 g/mol. The Bertz CT molecular complexity index is 490. The Morgan fingerprint density at radius 1 is 1.30 bits per heavy atom. The summed E-state index contributed by atoms with van der Waals surface area (Å²) in [7, 11) is 0. The molecule has 0 radical (unpaired) electrons. The summed E-state index contributed by atoms with van der Waals surface area (Å²) in [6.45, 7) is 5.41. The summed E-state index contributed by atoms with van der Waals surface area (Å²) in [6, 6.07) is 5.33. The zero-order valence-electron chi connectivity index (χ0n) is 12.0. The van der Waals surface area contributed by atoms with E-state index in [1.807, 2.05) is 13.0 Å². The number of hydrogen-bond donors (Lipinski definition) is 2. The van der Waals surface area contributed by atoms with Crippen molar-refractivity contribution in [3.63, 3.8) is 0 Å². The number of para-hydroxylation sites is 1. The lowest BCUT2D eigenvalue weighted by atomic mass is 9.79. The van der Waals surface area contributed by atoms with Crippen molar-refractivity contribution in [1.82, 2.24) is 0 Å². The summed E-state index contributed by atoms with van der Waals surface area (Å²) < 4.78 is 0. The van der Waals surface area contributed by atoms with Crippen LogP contribution in [0.3, 0.4) is 0 Å². The standard InChI is InChI=1S/C15H20ClNO3/c1-4-15(5-2,14(19)20)9-12(18)17-13-10(3)7-6-8-11(13)16/h6-8H,4-5,9H2,1-3H3,(H,17,18)(H,19,20). The van der Waals surface area contributed by atoms with Crippen molar-refractivity contribution in [2.24, 2.45) is 5.41 Å². The molecule has 0 saturated heterocycles. The Labute approximate surface area is 124 Å².